The Labute approximate surface area is 173 Å². The van der Waals surface area contributed by atoms with Gasteiger partial charge in [0, 0.05) is 11.8 Å². The number of nitro benzene ring substituents is 1. The lowest BCUT2D eigenvalue weighted by molar-refractivity contribution is -0.384. The third kappa shape index (κ3) is 4.78. The first kappa shape index (κ1) is 21.3. The van der Waals surface area contributed by atoms with Crippen molar-refractivity contribution >= 4 is 27.1 Å². The molecule has 3 N–H and O–H groups in total. The zero-order chi connectivity index (χ0) is 21.9. The minimum atomic E-state index is -4.02. The van der Waals surface area contributed by atoms with E-state index >= 15 is 0 Å². The molecule has 3 aromatic rings. The predicted octanol–water partition coefficient (Wildman–Crippen LogP) is 3.62. The fourth-order valence-corrected chi connectivity index (χ4v) is 3.86. The standard InChI is InChI=1S/C20H21N3O6S/c1-14-8-11-19(29-14)20(2,24)13-21-17-10-9-16(12-18(17)23(25)26)30(27,28)22-15-6-4-3-5-7-15/h3-12,21-22,24H,13H2,1-2H3. The maximum absolute atomic E-state index is 12.6. The first-order valence-corrected chi connectivity index (χ1v) is 10.5. The summed E-state index contributed by atoms with van der Waals surface area (Å²) in [7, 11) is -4.02. The summed E-state index contributed by atoms with van der Waals surface area (Å²) in [5.74, 6) is 0.929. The molecule has 1 heterocycles. The molecule has 158 valence electrons. The van der Waals surface area contributed by atoms with E-state index in [4.69, 9.17) is 4.42 Å². The summed E-state index contributed by atoms with van der Waals surface area (Å²) in [5.41, 5.74) is -1.45. The summed E-state index contributed by atoms with van der Waals surface area (Å²) in [4.78, 5) is 10.6. The van der Waals surface area contributed by atoms with Gasteiger partial charge < -0.3 is 14.8 Å². The maximum atomic E-state index is 12.6. The molecule has 0 aliphatic rings. The van der Waals surface area contributed by atoms with Crippen LogP contribution in [0.25, 0.3) is 0 Å². The Hall–Kier alpha value is -3.37. The zero-order valence-corrected chi connectivity index (χ0v) is 17.1. The highest BCUT2D eigenvalue weighted by molar-refractivity contribution is 7.92. The number of aliphatic hydroxyl groups is 1. The molecule has 0 aliphatic carbocycles. The van der Waals surface area contributed by atoms with Crippen molar-refractivity contribution in [3.05, 3.63) is 82.3 Å². The van der Waals surface area contributed by atoms with E-state index in [0.29, 0.717) is 17.2 Å². The van der Waals surface area contributed by atoms with Crippen LogP contribution in [0.1, 0.15) is 18.4 Å². The Bertz CT molecular complexity index is 1160. The van der Waals surface area contributed by atoms with Crippen molar-refractivity contribution in [1.29, 1.82) is 0 Å². The number of furan rings is 1. The molecule has 1 unspecified atom stereocenters. The molecule has 0 saturated heterocycles. The summed E-state index contributed by atoms with van der Waals surface area (Å²) < 4.78 is 33.0. The van der Waals surface area contributed by atoms with Gasteiger partial charge in [-0.25, -0.2) is 8.42 Å². The first-order valence-electron chi connectivity index (χ1n) is 8.98. The number of anilines is 2. The lowest BCUT2D eigenvalue weighted by Gasteiger charge is -2.22. The number of nitro groups is 1. The highest BCUT2D eigenvalue weighted by Crippen LogP contribution is 2.30. The molecule has 2 aromatic carbocycles. The number of rotatable bonds is 8. The van der Waals surface area contributed by atoms with Crippen molar-refractivity contribution in [2.24, 2.45) is 0 Å². The van der Waals surface area contributed by atoms with E-state index < -0.39 is 26.2 Å². The van der Waals surface area contributed by atoms with E-state index in [9.17, 15) is 23.6 Å². The van der Waals surface area contributed by atoms with Gasteiger partial charge in [-0.3, -0.25) is 14.8 Å². The molecular weight excluding hydrogens is 410 g/mol. The van der Waals surface area contributed by atoms with E-state index in [0.717, 1.165) is 6.07 Å². The van der Waals surface area contributed by atoms with Crippen molar-refractivity contribution in [1.82, 2.24) is 0 Å². The molecule has 0 saturated carbocycles. The van der Waals surface area contributed by atoms with Gasteiger partial charge in [-0.15, -0.1) is 0 Å². The summed E-state index contributed by atoms with van der Waals surface area (Å²) in [6.45, 7) is 3.16. The van der Waals surface area contributed by atoms with Gasteiger partial charge in [-0.2, -0.15) is 0 Å². The van der Waals surface area contributed by atoms with Crippen LogP contribution in [-0.4, -0.2) is 25.0 Å². The average Bonchev–Trinajstić information content (AvgIpc) is 3.14. The van der Waals surface area contributed by atoms with Gasteiger partial charge in [-0.1, -0.05) is 18.2 Å². The SMILES string of the molecule is Cc1ccc(C(C)(O)CNc2ccc(S(=O)(=O)Nc3ccccc3)cc2[N+](=O)[O-])o1. The molecule has 0 spiro atoms. The van der Waals surface area contributed by atoms with Crippen LogP contribution in [0.5, 0.6) is 0 Å². The smallest absolute Gasteiger partial charge is 0.293 e. The lowest BCUT2D eigenvalue weighted by atomic mass is 10.0. The van der Waals surface area contributed by atoms with Crippen LogP contribution in [0, 0.1) is 17.0 Å². The Balaban J connectivity index is 1.84. The van der Waals surface area contributed by atoms with Crippen LogP contribution in [0.15, 0.2) is 70.0 Å². The summed E-state index contributed by atoms with van der Waals surface area (Å²) >= 11 is 0. The molecule has 0 fully saturated rings. The first-order chi connectivity index (χ1) is 14.1. The molecular formula is C20H21N3O6S. The van der Waals surface area contributed by atoms with E-state index in [1.54, 1.807) is 49.4 Å². The van der Waals surface area contributed by atoms with Crippen LogP contribution >= 0.6 is 0 Å². The topological polar surface area (TPSA) is 135 Å². The largest absolute Gasteiger partial charge is 0.463 e. The van der Waals surface area contributed by atoms with Crippen LogP contribution in [0.3, 0.4) is 0 Å². The second kappa shape index (κ2) is 8.17. The normalized spacial score (nSPS) is 13.4. The van der Waals surface area contributed by atoms with E-state index in [2.05, 4.69) is 10.0 Å². The highest BCUT2D eigenvalue weighted by atomic mass is 32.2. The fourth-order valence-electron chi connectivity index (χ4n) is 2.78. The molecule has 3 rings (SSSR count). The molecule has 0 radical (unpaired) electrons. The molecule has 1 atom stereocenters. The third-order valence-electron chi connectivity index (χ3n) is 4.40. The summed E-state index contributed by atoms with van der Waals surface area (Å²) in [6, 6.07) is 15.1. The van der Waals surface area contributed by atoms with Gasteiger partial charge in [0.2, 0.25) is 0 Å². The second-order valence-corrected chi connectivity index (χ2v) is 8.63. The Kier molecular flexibility index (Phi) is 5.81. The number of nitrogens with zero attached hydrogens (tertiary/aromatic N) is 1. The number of nitrogens with one attached hydrogen (secondary N) is 2. The van der Waals surface area contributed by atoms with Crippen molar-refractivity contribution in [2.45, 2.75) is 24.3 Å². The molecule has 10 heteroatoms. The highest BCUT2D eigenvalue weighted by Gasteiger charge is 2.28. The third-order valence-corrected chi connectivity index (χ3v) is 5.78. The van der Waals surface area contributed by atoms with Crippen molar-refractivity contribution < 1.29 is 22.9 Å². The fraction of sp³-hybridized carbons (Fsp3) is 0.200. The van der Waals surface area contributed by atoms with Crippen LogP contribution in [-0.2, 0) is 15.6 Å². The molecule has 0 bridgehead atoms. The van der Waals surface area contributed by atoms with Gasteiger partial charge in [0.25, 0.3) is 15.7 Å². The summed E-state index contributed by atoms with van der Waals surface area (Å²) in [6.07, 6.45) is 0. The van der Waals surface area contributed by atoms with Crippen LogP contribution in [0.2, 0.25) is 0 Å². The van der Waals surface area contributed by atoms with Gasteiger partial charge in [0.05, 0.1) is 16.4 Å². The Morgan fingerprint density at radius 2 is 1.83 bits per heavy atom. The van der Waals surface area contributed by atoms with Crippen LogP contribution in [0.4, 0.5) is 17.1 Å². The monoisotopic (exact) mass is 431 g/mol. The maximum Gasteiger partial charge on any atom is 0.293 e. The number of aryl methyl sites for hydroxylation is 1. The number of hydrogen-bond donors (Lipinski definition) is 3. The van der Waals surface area contributed by atoms with Crippen molar-refractivity contribution in [2.75, 3.05) is 16.6 Å². The van der Waals surface area contributed by atoms with Crippen molar-refractivity contribution in [3.8, 4) is 0 Å². The van der Waals surface area contributed by atoms with E-state index in [1.165, 1.54) is 19.1 Å². The number of hydrogen-bond acceptors (Lipinski definition) is 7. The van der Waals surface area contributed by atoms with Gasteiger partial charge in [-0.05, 0) is 50.2 Å². The Morgan fingerprint density at radius 1 is 1.13 bits per heavy atom. The summed E-state index contributed by atoms with van der Waals surface area (Å²) in [5, 5.41) is 24.9. The van der Waals surface area contributed by atoms with Crippen LogP contribution < -0.4 is 10.0 Å². The molecule has 0 aliphatic heterocycles. The minimum Gasteiger partial charge on any atom is -0.463 e. The van der Waals surface area contributed by atoms with E-state index in [1.807, 2.05) is 0 Å². The minimum absolute atomic E-state index is 0.0715. The second-order valence-electron chi connectivity index (χ2n) is 6.95. The van der Waals surface area contributed by atoms with Gasteiger partial charge in [0.15, 0.2) is 0 Å². The van der Waals surface area contributed by atoms with Crippen molar-refractivity contribution in [3.63, 3.8) is 0 Å². The predicted molar refractivity (Wildman–Crippen MR) is 112 cm³/mol. The number of benzene rings is 2. The molecule has 30 heavy (non-hydrogen) atoms. The quantitative estimate of drug-likeness (QED) is 0.366. The average molecular weight is 431 g/mol. The van der Waals surface area contributed by atoms with Gasteiger partial charge in [0.1, 0.15) is 22.8 Å². The molecule has 0 amide bonds. The van der Waals surface area contributed by atoms with E-state index in [-0.39, 0.29) is 17.1 Å². The lowest BCUT2D eigenvalue weighted by Crippen LogP contribution is -2.30. The Morgan fingerprint density at radius 3 is 2.43 bits per heavy atom. The molecule has 9 nitrogen and oxygen atoms in total. The van der Waals surface area contributed by atoms with Gasteiger partial charge >= 0.3 is 0 Å². The number of sulfonamides is 1. The zero-order valence-electron chi connectivity index (χ0n) is 16.3. The number of para-hydroxylation sites is 1. The molecule has 1 aromatic heterocycles.